The van der Waals surface area contributed by atoms with Crippen LogP contribution in [0, 0.1) is 6.92 Å². The zero-order valence-corrected chi connectivity index (χ0v) is 10.2. The molecule has 1 amide bonds. The maximum Gasteiger partial charge on any atom is 0.341 e. The van der Waals surface area contributed by atoms with Crippen molar-refractivity contribution >= 4 is 28.2 Å². The summed E-state index contributed by atoms with van der Waals surface area (Å²) in [5.74, 6) is -1.11. The van der Waals surface area contributed by atoms with E-state index >= 15 is 0 Å². The van der Waals surface area contributed by atoms with Crippen molar-refractivity contribution in [1.29, 1.82) is 0 Å². The lowest BCUT2D eigenvalue weighted by molar-refractivity contribution is 0.0379. The molecule has 4 N–H and O–H groups in total. The highest BCUT2D eigenvalue weighted by Gasteiger charge is 2.23. The summed E-state index contributed by atoms with van der Waals surface area (Å²) < 4.78 is 5.03. The first-order valence-electron chi connectivity index (χ1n) is 4.74. The molecule has 1 heterocycles. The summed E-state index contributed by atoms with van der Waals surface area (Å²) in [7, 11) is 0. The Hall–Kier alpha value is -1.56. The third-order valence-corrected chi connectivity index (χ3v) is 3.08. The SMILES string of the molecule is Cc1c(C(N)=O)sc(N)c1C(=O)OC(C)C. The van der Waals surface area contributed by atoms with Gasteiger partial charge in [0, 0.05) is 0 Å². The van der Waals surface area contributed by atoms with Gasteiger partial charge in [-0.15, -0.1) is 11.3 Å². The van der Waals surface area contributed by atoms with Crippen LogP contribution in [-0.4, -0.2) is 18.0 Å². The predicted molar refractivity (Wildman–Crippen MR) is 62.5 cm³/mol. The van der Waals surface area contributed by atoms with Gasteiger partial charge in [0.05, 0.1) is 16.5 Å². The fourth-order valence-corrected chi connectivity index (χ4v) is 2.21. The number of hydrogen-bond acceptors (Lipinski definition) is 5. The van der Waals surface area contributed by atoms with Gasteiger partial charge in [0.15, 0.2) is 0 Å². The van der Waals surface area contributed by atoms with Crippen LogP contribution >= 0.6 is 11.3 Å². The largest absolute Gasteiger partial charge is 0.459 e. The van der Waals surface area contributed by atoms with Crippen molar-refractivity contribution in [2.24, 2.45) is 5.73 Å². The van der Waals surface area contributed by atoms with Gasteiger partial charge in [0.1, 0.15) is 5.00 Å². The Bertz CT molecular complexity index is 438. The summed E-state index contributed by atoms with van der Waals surface area (Å²) >= 11 is 1.01. The van der Waals surface area contributed by atoms with Gasteiger partial charge in [-0.05, 0) is 26.3 Å². The number of anilines is 1. The lowest BCUT2D eigenvalue weighted by Crippen LogP contribution is -2.14. The van der Waals surface area contributed by atoms with Gasteiger partial charge in [-0.25, -0.2) is 4.79 Å². The highest BCUT2D eigenvalue weighted by Crippen LogP contribution is 2.30. The van der Waals surface area contributed by atoms with E-state index in [-0.39, 0.29) is 16.7 Å². The topological polar surface area (TPSA) is 95.4 Å². The summed E-state index contributed by atoms with van der Waals surface area (Å²) in [6.45, 7) is 5.11. The summed E-state index contributed by atoms with van der Waals surface area (Å²) in [6, 6.07) is 0. The Balaban J connectivity index is 3.14. The molecule has 0 unspecified atom stereocenters. The van der Waals surface area contributed by atoms with Crippen LogP contribution < -0.4 is 11.5 Å². The first-order chi connectivity index (χ1) is 7.34. The van der Waals surface area contributed by atoms with Crippen LogP contribution in [0.5, 0.6) is 0 Å². The fraction of sp³-hybridized carbons (Fsp3) is 0.400. The molecule has 88 valence electrons. The molecule has 5 nitrogen and oxygen atoms in total. The average Bonchev–Trinajstić information content (AvgIpc) is 2.40. The zero-order valence-electron chi connectivity index (χ0n) is 9.37. The molecule has 0 aliphatic rings. The van der Waals surface area contributed by atoms with E-state index in [1.165, 1.54) is 0 Å². The summed E-state index contributed by atoms with van der Waals surface area (Å²) in [6.07, 6.45) is -0.233. The van der Waals surface area contributed by atoms with Crippen molar-refractivity contribution in [1.82, 2.24) is 0 Å². The summed E-state index contributed by atoms with van der Waals surface area (Å²) in [4.78, 5) is 23.0. The fourth-order valence-electron chi connectivity index (χ4n) is 1.30. The van der Waals surface area contributed by atoms with Crippen LogP contribution in [0.2, 0.25) is 0 Å². The lowest BCUT2D eigenvalue weighted by atomic mass is 10.1. The van der Waals surface area contributed by atoms with Crippen LogP contribution in [0.1, 0.15) is 39.4 Å². The predicted octanol–water partition coefficient (Wildman–Crippen LogP) is 1.30. The van der Waals surface area contributed by atoms with Gasteiger partial charge >= 0.3 is 5.97 Å². The van der Waals surface area contributed by atoms with Crippen LogP contribution in [-0.2, 0) is 4.74 Å². The molecule has 0 aliphatic heterocycles. The van der Waals surface area contributed by atoms with Crippen LogP contribution in [0.3, 0.4) is 0 Å². The molecule has 1 aromatic heterocycles. The molecular formula is C10H14N2O3S. The van der Waals surface area contributed by atoms with E-state index in [1.807, 2.05) is 0 Å². The van der Waals surface area contributed by atoms with E-state index in [4.69, 9.17) is 16.2 Å². The monoisotopic (exact) mass is 242 g/mol. The number of thiophene rings is 1. The van der Waals surface area contributed by atoms with Crippen molar-refractivity contribution in [2.45, 2.75) is 26.9 Å². The van der Waals surface area contributed by atoms with E-state index in [0.717, 1.165) is 11.3 Å². The molecule has 1 rings (SSSR count). The van der Waals surface area contributed by atoms with E-state index < -0.39 is 11.9 Å². The van der Waals surface area contributed by atoms with Gasteiger partial charge in [0.2, 0.25) is 0 Å². The Morgan fingerprint density at radius 2 is 1.94 bits per heavy atom. The smallest absolute Gasteiger partial charge is 0.341 e. The average molecular weight is 242 g/mol. The highest BCUT2D eigenvalue weighted by atomic mass is 32.1. The number of primary amides is 1. The van der Waals surface area contributed by atoms with Crippen molar-refractivity contribution in [3.05, 3.63) is 16.0 Å². The molecule has 0 fully saturated rings. The molecule has 0 saturated carbocycles. The highest BCUT2D eigenvalue weighted by molar-refractivity contribution is 7.18. The molecule has 0 aromatic carbocycles. The molecule has 16 heavy (non-hydrogen) atoms. The molecule has 0 radical (unpaired) electrons. The third-order valence-electron chi connectivity index (χ3n) is 1.94. The van der Waals surface area contributed by atoms with Crippen LogP contribution in [0.4, 0.5) is 5.00 Å². The maximum atomic E-state index is 11.7. The van der Waals surface area contributed by atoms with E-state index in [9.17, 15) is 9.59 Å². The third kappa shape index (κ3) is 2.33. The lowest BCUT2D eigenvalue weighted by Gasteiger charge is -2.08. The normalized spacial score (nSPS) is 10.5. The van der Waals surface area contributed by atoms with Gasteiger partial charge < -0.3 is 16.2 Å². The number of nitrogens with two attached hydrogens (primary N) is 2. The number of hydrogen-bond donors (Lipinski definition) is 2. The number of amides is 1. The number of ether oxygens (including phenoxy) is 1. The number of esters is 1. The first-order valence-corrected chi connectivity index (χ1v) is 5.55. The number of carbonyl (C=O) groups excluding carboxylic acids is 2. The molecule has 0 aliphatic carbocycles. The Morgan fingerprint density at radius 1 is 1.38 bits per heavy atom. The molecule has 0 atom stereocenters. The minimum Gasteiger partial charge on any atom is -0.459 e. The molecule has 6 heteroatoms. The molecular weight excluding hydrogens is 228 g/mol. The second-order valence-corrected chi connectivity index (χ2v) is 4.67. The van der Waals surface area contributed by atoms with Crippen LogP contribution in [0.25, 0.3) is 0 Å². The molecule has 0 bridgehead atoms. The van der Waals surface area contributed by atoms with Crippen molar-refractivity contribution in [2.75, 3.05) is 5.73 Å². The van der Waals surface area contributed by atoms with Gasteiger partial charge in [-0.2, -0.15) is 0 Å². The Morgan fingerprint density at radius 3 is 2.31 bits per heavy atom. The standard InChI is InChI=1S/C10H14N2O3S/c1-4(2)15-10(14)6-5(3)7(8(11)13)16-9(6)12/h4H,12H2,1-3H3,(H2,11,13). The van der Waals surface area contributed by atoms with E-state index in [2.05, 4.69) is 0 Å². The zero-order chi connectivity index (χ0) is 12.5. The molecule has 1 aromatic rings. The van der Waals surface area contributed by atoms with Crippen molar-refractivity contribution in [3.63, 3.8) is 0 Å². The molecule has 0 saturated heterocycles. The number of rotatable bonds is 3. The summed E-state index contributed by atoms with van der Waals surface area (Å²) in [5.41, 5.74) is 11.6. The number of nitrogen functional groups attached to an aromatic ring is 1. The second-order valence-electron chi connectivity index (χ2n) is 3.61. The Labute approximate surface area is 97.4 Å². The minimum absolute atomic E-state index is 0.233. The minimum atomic E-state index is -0.585. The van der Waals surface area contributed by atoms with Crippen molar-refractivity contribution in [3.8, 4) is 0 Å². The van der Waals surface area contributed by atoms with E-state index in [1.54, 1.807) is 20.8 Å². The second kappa shape index (κ2) is 4.52. The quantitative estimate of drug-likeness (QED) is 0.781. The van der Waals surface area contributed by atoms with Crippen LogP contribution in [0.15, 0.2) is 0 Å². The maximum absolute atomic E-state index is 11.7. The van der Waals surface area contributed by atoms with Gasteiger partial charge in [0.25, 0.3) is 5.91 Å². The Kier molecular flexibility index (Phi) is 3.54. The van der Waals surface area contributed by atoms with Gasteiger partial charge in [-0.1, -0.05) is 0 Å². The molecule has 0 spiro atoms. The first kappa shape index (κ1) is 12.5. The van der Waals surface area contributed by atoms with Gasteiger partial charge in [-0.3, -0.25) is 4.79 Å². The van der Waals surface area contributed by atoms with E-state index in [0.29, 0.717) is 10.4 Å². The van der Waals surface area contributed by atoms with Crippen molar-refractivity contribution < 1.29 is 14.3 Å². The number of carbonyl (C=O) groups is 2. The summed E-state index contributed by atoms with van der Waals surface area (Å²) in [5, 5.41) is 0.261.